The molecule has 1 N–H and O–H groups in total. The van der Waals surface area contributed by atoms with Gasteiger partial charge in [0, 0.05) is 40.8 Å². The molecule has 0 saturated carbocycles. The smallest absolute Gasteiger partial charge is 0.192 e. The van der Waals surface area contributed by atoms with Crippen molar-refractivity contribution in [3.8, 4) is 11.5 Å². The number of hydrogen-bond donors (Lipinski definition) is 1. The predicted octanol–water partition coefficient (Wildman–Crippen LogP) is 4.87. The Labute approximate surface area is 174 Å². The van der Waals surface area contributed by atoms with Gasteiger partial charge in [0.1, 0.15) is 18.1 Å². The van der Waals surface area contributed by atoms with Crippen LogP contribution in [0, 0.1) is 12.8 Å². The van der Waals surface area contributed by atoms with E-state index >= 15 is 0 Å². The van der Waals surface area contributed by atoms with Gasteiger partial charge in [-0.2, -0.15) is 0 Å². The van der Waals surface area contributed by atoms with Crippen molar-refractivity contribution in [3.63, 3.8) is 0 Å². The lowest BCUT2D eigenvalue weighted by Gasteiger charge is -2.22. The van der Waals surface area contributed by atoms with Crippen LogP contribution in [0.1, 0.15) is 24.1 Å². The fourth-order valence-electron chi connectivity index (χ4n) is 3.49. The summed E-state index contributed by atoms with van der Waals surface area (Å²) in [4.78, 5) is 15.9. The summed E-state index contributed by atoms with van der Waals surface area (Å²) in [6, 6.07) is 12.9. The third-order valence-corrected chi connectivity index (χ3v) is 5.56. The summed E-state index contributed by atoms with van der Waals surface area (Å²) in [5, 5.41) is 1.13. The third-order valence-electron chi connectivity index (χ3n) is 5.32. The van der Waals surface area contributed by atoms with Crippen molar-refractivity contribution < 1.29 is 14.2 Å². The van der Waals surface area contributed by atoms with E-state index in [1.807, 2.05) is 30.3 Å². The minimum Gasteiger partial charge on any atom is -0.493 e. The molecule has 1 aliphatic heterocycles. The van der Waals surface area contributed by atoms with E-state index in [9.17, 15) is 4.79 Å². The molecule has 0 aliphatic carbocycles. The van der Waals surface area contributed by atoms with Crippen molar-refractivity contribution in [2.75, 3.05) is 19.8 Å². The number of nitrogens with one attached hydrogen (secondary N) is 1. The van der Waals surface area contributed by atoms with E-state index in [2.05, 4.69) is 4.98 Å². The number of rotatable bonds is 6. The van der Waals surface area contributed by atoms with Crippen LogP contribution in [0.5, 0.6) is 11.5 Å². The number of aromatic amines is 1. The van der Waals surface area contributed by atoms with Crippen LogP contribution in [-0.4, -0.2) is 24.8 Å². The highest BCUT2D eigenvalue weighted by molar-refractivity contribution is 6.31. The molecule has 2 heterocycles. The lowest BCUT2D eigenvalue weighted by atomic mass is 10.0. The number of aromatic nitrogens is 1. The highest BCUT2D eigenvalue weighted by atomic mass is 35.5. The number of benzene rings is 2. The van der Waals surface area contributed by atoms with Crippen LogP contribution in [0.3, 0.4) is 0 Å². The largest absolute Gasteiger partial charge is 0.493 e. The van der Waals surface area contributed by atoms with E-state index in [-0.39, 0.29) is 12.0 Å². The predicted molar refractivity (Wildman–Crippen MR) is 114 cm³/mol. The zero-order valence-corrected chi connectivity index (χ0v) is 17.1. The van der Waals surface area contributed by atoms with Gasteiger partial charge in [-0.1, -0.05) is 17.7 Å². The van der Waals surface area contributed by atoms with Gasteiger partial charge < -0.3 is 19.2 Å². The second-order valence-electron chi connectivity index (χ2n) is 7.38. The normalized spacial score (nSPS) is 14.8. The molecular weight excluding hydrogens is 390 g/mol. The summed E-state index contributed by atoms with van der Waals surface area (Å²) in [5.41, 5.74) is 2.09. The topological polar surface area (TPSA) is 60.6 Å². The Morgan fingerprint density at radius 2 is 1.86 bits per heavy atom. The second-order valence-corrected chi connectivity index (χ2v) is 7.81. The molecule has 0 amide bonds. The maximum atomic E-state index is 12.6. The standard InChI is InChI=1S/C23H24ClNO4/c1-15-22(25-21-6-5-17(24)11-20(21)23(15)26)14-29-19-4-2-3-18(12-19)28-13-16-7-9-27-10-8-16/h2-6,11-12,16H,7-10,13-14H2,1H3,(H,25,26). The van der Waals surface area contributed by atoms with Crippen LogP contribution in [0.4, 0.5) is 0 Å². The maximum absolute atomic E-state index is 12.6. The molecule has 3 aromatic rings. The van der Waals surface area contributed by atoms with Gasteiger partial charge in [-0.3, -0.25) is 4.79 Å². The minimum absolute atomic E-state index is 0.0339. The number of hydrogen-bond acceptors (Lipinski definition) is 4. The van der Waals surface area contributed by atoms with E-state index in [1.165, 1.54) is 0 Å². The average Bonchev–Trinajstić information content (AvgIpc) is 2.75. The Hall–Kier alpha value is -2.50. The summed E-state index contributed by atoms with van der Waals surface area (Å²) in [6.45, 7) is 4.38. The first kappa shape index (κ1) is 19.8. The molecule has 0 atom stereocenters. The maximum Gasteiger partial charge on any atom is 0.192 e. The number of halogens is 1. The van der Waals surface area contributed by atoms with Gasteiger partial charge in [0.2, 0.25) is 0 Å². The first-order chi connectivity index (χ1) is 14.1. The average molecular weight is 414 g/mol. The molecule has 0 radical (unpaired) electrons. The van der Waals surface area contributed by atoms with Crippen molar-refractivity contribution in [1.29, 1.82) is 0 Å². The number of pyridine rings is 1. The van der Waals surface area contributed by atoms with Gasteiger partial charge in [0.15, 0.2) is 5.43 Å². The molecular formula is C23H24ClNO4. The van der Waals surface area contributed by atoms with Crippen LogP contribution < -0.4 is 14.9 Å². The molecule has 1 aromatic heterocycles. The first-order valence-electron chi connectivity index (χ1n) is 9.84. The highest BCUT2D eigenvalue weighted by Gasteiger charge is 2.14. The van der Waals surface area contributed by atoms with E-state index in [0.717, 1.165) is 43.0 Å². The van der Waals surface area contributed by atoms with E-state index < -0.39 is 0 Å². The fraction of sp³-hybridized carbons (Fsp3) is 0.348. The lowest BCUT2D eigenvalue weighted by Crippen LogP contribution is -2.21. The van der Waals surface area contributed by atoms with Crippen molar-refractivity contribution in [2.45, 2.75) is 26.4 Å². The Morgan fingerprint density at radius 3 is 2.66 bits per heavy atom. The van der Waals surface area contributed by atoms with Gasteiger partial charge in [-0.15, -0.1) is 0 Å². The van der Waals surface area contributed by atoms with E-state index in [1.54, 1.807) is 19.1 Å². The molecule has 152 valence electrons. The quantitative estimate of drug-likeness (QED) is 0.626. The van der Waals surface area contributed by atoms with Crippen LogP contribution in [0.25, 0.3) is 10.9 Å². The molecule has 4 rings (SSSR count). The second kappa shape index (κ2) is 8.89. The molecule has 0 spiro atoms. The van der Waals surface area contributed by atoms with Crippen molar-refractivity contribution >= 4 is 22.5 Å². The lowest BCUT2D eigenvalue weighted by molar-refractivity contribution is 0.0497. The Bertz CT molecular complexity index is 1060. The first-order valence-corrected chi connectivity index (χ1v) is 10.2. The molecule has 1 aliphatic rings. The Balaban J connectivity index is 1.44. The van der Waals surface area contributed by atoms with Crippen molar-refractivity contribution in [1.82, 2.24) is 4.98 Å². The summed E-state index contributed by atoms with van der Waals surface area (Å²) in [5.74, 6) is 2.02. The van der Waals surface area contributed by atoms with Crippen LogP contribution in [0.2, 0.25) is 5.02 Å². The summed E-state index contributed by atoms with van der Waals surface area (Å²) < 4.78 is 17.3. The van der Waals surface area contributed by atoms with Gasteiger partial charge in [0.25, 0.3) is 0 Å². The fourth-order valence-corrected chi connectivity index (χ4v) is 3.66. The van der Waals surface area contributed by atoms with E-state index in [0.29, 0.717) is 34.2 Å². The van der Waals surface area contributed by atoms with Gasteiger partial charge in [-0.25, -0.2) is 0 Å². The van der Waals surface area contributed by atoms with Crippen LogP contribution in [0.15, 0.2) is 47.3 Å². The van der Waals surface area contributed by atoms with Crippen molar-refractivity contribution in [3.05, 3.63) is 69.0 Å². The molecule has 29 heavy (non-hydrogen) atoms. The molecule has 0 unspecified atom stereocenters. The molecule has 0 bridgehead atoms. The summed E-state index contributed by atoms with van der Waals surface area (Å²) >= 11 is 6.02. The van der Waals surface area contributed by atoms with Gasteiger partial charge in [0.05, 0.1) is 12.3 Å². The SMILES string of the molecule is Cc1c(COc2cccc(OCC3CCOCC3)c2)[nH]c2ccc(Cl)cc2c1=O. The monoisotopic (exact) mass is 413 g/mol. The number of H-pyrrole nitrogens is 1. The van der Waals surface area contributed by atoms with Crippen LogP contribution in [-0.2, 0) is 11.3 Å². The van der Waals surface area contributed by atoms with Crippen molar-refractivity contribution in [2.24, 2.45) is 5.92 Å². The zero-order valence-electron chi connectivity index (χ0n) is 16.4. The van der Waals surface area contributed by atoms with E-state index in [4.69, 9.17) is 25.8 Å². The molecule has 1 fully saturated rings. The number of fused-ring (bicyclic) bond motifs is 1. The van der Waals surface area contributed by atoms with Gasteiger partial charge >= 0.3 is 0 Å². The minimum atomic E-state index is -0.0339. The Morgan fingerprint density at radius 1 is 1.10 bits per heavy atom. The summed E-state index contributed by atoms with van der Waals surface area (Å²) in [6.07, 6.45) is 2.08. The molecule has 5 nitrogen and oxygen atoms in total. The van der Waals surface area contributed by atoms with Gasteiger partial charge in [-0.05, 0) is 56.0 Å². The Kier molecular flexibility index (Phi) is 6.07. The molecule has 2 aromatic carbocycles. The van der Waals surface area contributed by atoms with Crippen LogP contribution >= 0.6 is 11.6 Å². The molecule has 6 heteroatoms. The molecule has 1 saturated heterocycles. The highest BCUT2D eigenvalue weighted by Crippen LogP contribution is 2.23. The third kappa shape index (κ3) is 4.74. The number of ether oxygens (including phenoxy) is 3. The zero-order chi connectivity index (χ0) is 20.2. The summed E-state index contributed by atoms with van der Waals surface area (Å²) in [7, 11) is 0.